The first-order valence-corrected chi connectivity index (χ1v) is 6.94. The van der Waals surface area contributed by atoms with E-state index in [4.69, 9.17) is 0 Å². The van der Waals surface area contributed by atoms with Crippen LogP contribution in [0.5, 0.6) is 0 Å². The predicted molar refractivity (Wildman–Crippen MR) is 77.7 cm³/mol. The first-order chi connectivity index (χ1) is 8.58. The van der Waals surface area contributed by atoms with Gasteiger partial charge in [0.15, 0.2) is 0 Å². The van der Waals surface area contributed by atoms with E-state index in [0.29, 0.717) is 0 Å². The van der Waals surface area contributed by atoms with Crippen molar-refractivity contribution in [3.05, 3.63) is 70.5 Å². The molecule has 0 radical (unpaired) electrons. The molecule has 0 aliphatic carbocycles. The Morgan fingerprint density at radius 2 is 1.78 bits per heavy atom. The van der Waals surface area contributed by atoms with Crippen molar-refractivity contribution in [3.8, 4) is 0 Å². The Labute approximate surface area is 116 Å². The third kappa shape index (κ3) is 2.99. The zero-order valence-electron chi connectivity index (χ0n) is 10.6. The number of rotatable bonds is 3. The Morgan fingerprint density at radius 3 is 2.44 bits per heavy atom. The van der Waals surface area contributed by atoms with Crippen LogP contribution >= 0.6 is 15.9 Å². The average molecular weight is 307 g/mol. The maximum atomic E-state index is 13.7. The zero-order valence-corrected chi connectivity index (χ0v) is 12.2. The quantitative estimate of drug-likeness (QED) is 0.690. The van der Waals surface area contributed by atoms with Crippen LogP contribution in [-0.4, -0.2) is 0 Å². The van der Waals surface area contributed by atoms with Crippen molar-refractivity contribution in [2.24, 2.45) is 0 Å². The number of alkyl halides is 1. The average Bonchev–Trinajstić information content (AvgIpc) is 2.34. The molecule has 2 aromatic carbocycles. The van der Waals surface area contributed by atoms with E-state index in [2.05, 4.69) is 48.0 Å². The predicted octanol–water partition coefficient (Wildman–Crippen LogP) is 5.12. The van der Waals surface area contributed by atoms with E-state index in [9.17, 15) is 4.39 Å². The Morgan fingerprint density at radius 1 is 1.06 bits per heavy atom. The summed E-state index contributed by atoms with van der Waals surface area (Å²) in [4.78, 5) is 0.0146. The van der Waals surface area contributed by atoms with Gasteiger partial charge in [-0.05, 0) is 43.0 Å². The lowest BCUT2D eigenvalue weighted by Gasteiger charge is -2.12. The highest BCUT2D eigenvalue weighted by atomic mass is 79.9. The van der Waals surface area contributed by atoms with Gasteiger partial charge in [0.25, 0.3) is 0 Å². The van der Waals surface area contributed by atoms with Crippen LogP contribution in [0.3, 0.4) is 0 Å². The summed E-state index contributed by atoms with van der Waals surface area (Å²) < 4.78 is 13.7. The minimum Gasteiger partial charge on any atom is -0.207 e. The summed E-state index contributed by atoms with van der Waals surface area (Å²) in [5.41, 5.74) is 4.51. The highest BCUT2D eigenvalue weighted by molar-refractivity contribution is 9.09. The number of benzene rings is 2. The van der Waals surface area contributed by atoms with E-state index < -0.39 is 0 Å². The molecule has 2 heteroatoms. The third-order valence-electron chi connectivity index (χ3n) is 3.23. The van der Waals surface area contributed by atoms with E-state index in [1.165, 1.54) is 22.8 Å². The first-order valence-electron chi connectivity index (χ1n) is 6.02. The number of halogens is 2. The van der Waals surface area contributed by atoms with Gasteiger partial charge in [-0.2, -0.15) is 0 Å². The summed E-state index contributed by atoms with van der Waals surface area (Å²) in [7, 11) is 0. The van der Waals surface area contributed by atoms with Crippen molar-refractivity contribution < 1.29 is 4.39 Å². The molecule has 0 fully saturated rings. The molecule has 0 aliphatic rings. The Bertz CT molecular complexity index is 549. The van der Waals surface area contributed by atoms with E-state index in [1.54, 1.807) is 6.07 Å². The van der Waals surface area contributed by atoms with Crippen molar-refractivity contribution in [1.29, 1.82) is 0 Å². The van der Waals surface area contributed by atoms with Crippen LogP contribution in [0, 0.1) is 19.7 Å². The van der Waals surface area contributed by atoms with Gasteiger partial charge in [-0.3, -0.25) is 0 Å². The maximum absolute atomic E-state index is 13.7. The Kier molecular flexibility index (Phi) is 4.18. The van der Waals surface area contributed by atoms with Gasteiger partial charge in [0.1, 0.15) is 5.82 Å². The van der Waals surface area contributed by atoms with Gasteiger partial charge in [0.05, 0.1) is 0 Å². The molecule has 2 aromatic rings. The Balaban J connectivity index is 2.19. The second-order valence-electron chi connectivity index (χ2n) is 4.61. The maximum Gasteiger partial charge on any atom is 0.127 e. The molecule has 0 amide bonds. The first kappa shape index (κ1) is 13.3. The highest BCUT2D eigenvalue weighted by Gasteiger charge is 2.12. The normalized spacial score (nSPS) is 12.4. The lowest BCUT2D eigenvalue weighted by molar-refractivity contribution is 0.608. The molecule has 0 nitrogen and oxygen atoms in total. The summed E-state index contributed by atoms with van der Waals surface area (Å²) in [6.45, 7) is 4.20. The molecule has 0 heterocycles. The molecule has 0 spiro atoms. The van der Waals surface area contributed by atoms with Gasteiger partial charge < -0.3 is 0 Å². The van der Waals surface area contributed by atoms with Gasteiger partial charge >= 0.3 is 0 Å². The van der Waals surface area contributed by atoms with Crippen LogP contribution in [0.2, 0.25) is 0 Å². The molecule has 0 aliphatic heterocycles. The molecule has 0 aromatic heterocycles. The van der Waals surface area contributed by atoms with Crippen LogP contribution in [-0.2, 0) is 6.42 Å². The fraction of sp³-hybridized carbons (Fsp3) is 0.250. The second kappa shape index (κ2) is 5.66. The molecule has 1 atom stereocenters. The molecule has 0 bridgehead atoms. The topological polar surface area (TPSA) is 0 Å². The van der Waals surface area contributed by atoms with Gasteiger partial charge in [-0.15, -0.1) is 0 Å². The molecule has 0 saturated carbocycles. The van der Waals surface area contributed by atoms with Crippen LogP contribution in [0.1, 0.15) is 27.1 Å². The minimum atomic E-state index is -0.150. The second-order valence-corrected chi connectivity index (χ2v) is 5.72. The molecule has 0 saturated heterocycles. The number of hydrogen-bond donors (Lipinski definition) is 0. The van der Waals surface area contributed by atoms with Gasteiger partial charge in [0, 0.05) is 10.4 Å². The fourth-order valence-electron chi connectivity index (χ4n) is 1.98. The van der Waals surface area contributed by atoms with Crippen molar-refractivity contribution in [2.75, 3.05) is 0 Å². The molecule has 18 heavy (non-hydrogen) atoms. The summed E-state index contributed by atoms with van der Waals surface area (Å²) in [5.74, 6) is -0.150. The van der Waals surface area contributed by atoms with Crippen molar-refractivity contribution >= 4 is 15.9 Å². The molecule has 1 unspecified atom stereocenters. The lowest BCUT2D eigenvalue weighted by Crippen LogP contribution is -1.99. The van der Waals surface area contributed by atoms with Crippen LogP contribution in [0.25, 0.3) is 0 Å². The highest BCUT2D eigenvalue weighted by Crippen LogP contribution is 2.29. The van der Waals surface area contributed by atoms with E-state index >= 15 is 0 Å². The van der Waals surface area contributed by atoms with Crippen molar-refractivity contribution in [3.63, 3.8) is 0 Å². The molecule has 2 rings (SSSR count). The summed E-state index contributed by atoms with van der Waals surface area (Å²) >= 11 is 3.58. The fourth-order valence-corrected chi connectivity index (χ4v) is 2.72. The van der Waals surface area contributed by atoms with Crippen molar-refractivity contribution in [2.45, 2.75) is 25.1 Å². The molecule has 0 N–H and O–H groups in total. The summed E-state index contributed by atoms with van der Waals surface area (Å²) in [6.07, 6.45) is 0.794. The standard InChI is InChI=1S/C16H16BrF/c1-11-7-8-13(9-12(11)2)10-15(17)14-5-3-4-6-16(14)18/h3-9,15H,10H2,1-2H3. The van der Waals surface area contributed by atoms with Gasteiger partial charge in [-0.25, -0.2) is 4.39 Å². The van der Waals surface area contributed by atoms with Crippen LogP contribution in [0.4, 0.5) is 4.39 Å². The zero-order chi connectivity index (χ0) is 13.1. The largest absolute Gasteiger partial charge is 0.207 e. The number of aryl methyl sites for hydroxylation is 2. The minimum absolute atomic E-state index is 0.0146. The van der Waals surface area contributed by atoms with E-state index in [1.807, 2.05) is 12.1 Å². The van der Waals surface area contributed by atoms with Crippen LogP contribution < -0.4 is 0 Å². The number of hydrogen-bond acceptors (Lipinski definition) is 0. The Hall–Kier alpha value is -1.15. The van der Waals surface area contributed by atoms with Gasteiger partial charge in [-0.1, -0.05) is 52.3 Å². The summed E-state index contributed by atoms with van der Waals surface area (Å²) in [5, 5.41) is 0. The molecule has 94 valence electrons. The van der Waals surface area contributed by atoms with E-state index in [-0.39, 0.29) is 10.6 Å². The SMILES string of the molecule is Cc1ccc(CC(Br)c2ccccc2F)cc1C. The lowest BCUT2D eigenvalue weighted by atomic mass is 10.0. The molecular weight excluding hydrogens is 291 g/mol. The smallest absolute Gasteiger partial charge is 0.127 e. The van der Waals surface area contributed by atoms with Crippen LogP contribution in [0.15, 0.2) is 42.5 Å². The molecular formula is C16H16BrF. The third-order valence-corrected chi connectivity index (χ3v) is 4.05. The van der Waals surface area contributed by atoms with Crippen molar-refractivity contribution in [1.82, 2.24) is 0 Å². The van der Waals surface area contributed by atoms with Gasteiger partial charge in [0.2, 0.25) is 0 Å². The monoisotopic (exact) mass is 306 g/mol. The summed E-state index contributed by atoms with van der Waals surface area (Å²) in [6, 6.07) is 13.3. The van der Waals surface area contributed by atoms with E-state index in [0.717, 1.165) is 12.0 Å².